The molecule has 102 valence electrons. The minimum Gasteiger partial charge on any atom is -0.466 e. The van der Waals surface area contributed by atoms with Gasteiger partial charge < -0.3 is 4.74 Å². The number of nitrogens with zero attached hydrogens (tertiary/aromatic N) is 1. The fourth-order valence-corrected chi connectivity index (χ4v) is 2.51. The summed E-state index contributed by atoms with van der Waals surface area (Å²) in [5, 5.41) is 0. The van der Waals surface area contributed by atoms with Gasteiger partial charge in [0, 0.05) is 18.7 Å². The Hall–Kier alpha value is -1.61. The average Bonchev–Trinajstić information content (AvgIpc) is 2.93. The van der Waals surface area contributed by atoms with Crippen LogP contribution in [0.25, 0.3) is 0 Å². The summed E-state index contributed by atoms with van der Waals surface area (Å²) in [6.45, 7) is 4.78. The van der Waals surface area contributed by atoms with Crippen LogP contribution >= 0.6 is 0 Å². The fraction of sp³-hybridized carbons (Fsp3) is 0.438. The summed E-state index contributed by atoms with van der Waals surface area (Å²) in [5.74, 6) is 0.381. The van der Waals surface area contributed by atoms with Crippen molar-refractivity contribution in [2.75, 3.05) is 26.7 Å². The number of hydrogen-bond acceptors (Lipinski definition) is 3. The molecule has 1 aliphatic rings. The average molecular weight is 259 g/mol. The maximum Gasteiger partial charge on any atom is 0.333 e. The van der Waals surface area contributed by atoms with Crippen LogP contribution < -0.4 is 0 Å². The number of carbonyl (C=O) groups is 1. The van der Waals surface area contributed by atoms with Gasteiger partial charge in [-0.2, -0.15) is 0 Å². The molecule has 0 N–H and O–H groups in total. The van der Waals surface area contributed by atoms with Crippen LogP contribution in [0.4, 0.5) is 0 Å². The van der Waals surface area contributed by atoms with Gasteiger partial charge in [-0.3, -0.25) is 4.90 Å². The molecule has 0 spiro atoms. The van der Waals surface area contributed by atoms with E-state index in [0.717, 1.165) is 19.6 Å². The number of hydrogen-bond donors (Lipinski definition) is 0. The van der Waals surface area contributed by atoms with Crippen LogP contribution in [0.5, 0.6) is 0 Å². The second-order valence-corrected chi connectivity index (χ2v) is 5.03. The number of methoxy groups -OCH3 is 1. The van der Waals surface area contributed by atoms with Crippen molar-refractivity contribution in [2.45, 2.75) is 19.3 Å². The molecule has 0 saturated carbocycles. The zero-order valence-corrected chi connectivity index (χ0v) is 11.6. The van der Waals surface area contributed by atoms with E-state index in [9.17, 15) is 4.79 Å². The summed E-state index contributed by atoms with van der Waals surface area (Å²) in [6.07, 6.45) is 3.15. The lowest BCUT2D eigenvalue weighted by Crippen LogP contribution is -2.21. The van der Waals surface area contributed by atoms with Gasteiger partial charge in [0.2, 0.25) is 0 Å². The Morgan fingerprint density at radius 1 is 1.42 bits per heavy atom. The molecule has 2 rings (SSSR count). The number of esters is 1. The lowest BCUT2D eigenvalue weighted by Gasteiger charge is -2.14. The van der Waals surface area contributed by atoms with E-state index in [0.29, 0.717) is 11.5 Å². The number of carbonyl (C=O) groups excluding carboxylic acids is 1. The van der Waals surface area contributed by atoms with Gasteiger partial charge in [0.15, 0.2) is 0 Å². The van der Waals surface area contributed by atoms with E-state index in [1.54, 1.807) is 6.92 Å². The molecular formula is C16H21NO2. The highest BCUT2D eigenvalue weighted by atomic mass is 16.5. The third kappa shape index (κ3) is 3.67. The summed E-state index contributed by atoms with van der Waals surface area (Å²) in [7, 11) is 1.42. The summed E-state index contributed by atoms with van der Waals surface area (Å²) >= 11 is 0. The van der Waals surface area contributed by atoms with Crippen molar-refractivity contribution in [1.29, 1.82) is 0 Å². The molecule has 3 nitrogen and oxygen atoms in total. The van der Waals surface area contributed by atoms with Gasteiger partial charge in [-0.25, -0.2) is 4.79 Å². The number of benzene rings is 1. The van der Waals surface area contributed by atoms with Gasteiger partial charge >= 0.3 is 5.97 Å². The summed E-state index contributed by atoms with van der Waals surface area (Å²) < 4.78 is 4.69. The first-order chi connectivity index (χ1) is 9.20. The van der Waals surface area contributed by atoms with Crippen LogP contribution in [0, 0.1) is 0 Å². The molecule has 1 fully saturated rings. The summed E-state index contributed by atoms with van der Waals surface area (Å²) in [5.41, 5.74) is 2.10. The molecule has 1 saturated heterocycles. The Morgan fingerprint density at radius 3 is 2.84 bits per heavy atom. The molecule has 0 radical (unpaired) electrons. The highest BCUT2D eigenvalue weighted by molar-refractivity contribution is 5.87. The van der Waals surface area contributed by atoms with Crippen LogP contribution in [0.1, 0.15) is 24.8 Å². The molecule has 1 unspecified atom stereocenters. The molecular weight excluding hydrogens is 238 g/mol. The van der Waals surface area contributed by atoms with Crippen LogP contribution in [0.2, 0.25) is 0 Å². The van der Waals surface area contributed by atoms with E-state index in [1.807, 2.05) is 6.08 Å². The molecule has 1 aliphatic heterocycles. The smallest absolute Gasteiger partial charge is 0.333 e. The number of likely N-dealkylation sites (tertiary alicyclic amines) is 1. The van der Waals surface area contributed by atoms with Crippen molar-refractivity contribution in [2.24, 2.45) is 0 Å². The predicted octanol–water partition coefficient (Wildman–Crippen LogP) is 2.60. The third-order valence-electron chi connectivity index (χ3n) is 3.71. The zero-order chi connectivity index (χ0) is 13.7. The normalized spacial score (nSPS) is 20.5. The minimum atomic E-state index is -0.237. The second kappa shape index (κ2) is 6.53. The van der Waals surface area contributed by atoms with E-state index >= 15 is 0 Å². The van der Waals surface area contributed by atoms with Crippen LogP contribution in [0.3, 0.4) is 0 Å². The molecule has 0 aliphatic carbocycles. The van der Waals surface area contributed by atoms with Crippen molar-refractivity contribution in [3.63, 3.8) is 0 Å². The lowest BCUT2D eigenvalue weighted by molar-refractivity contribution is -0.136. The largest absolute Gasteiger partial charge is 0.466 e. The second-order valence-electron chi connectivity index (χ2n) is 5.03. The van der Waals surface area contributed by atoms with Gasteiger partial charge in [0.1, 0.15) is 0 Å². The zero-order valence-electron chi connectivity index (χ0n) is 11.6. The van der Waals surface area contributed by atoms with Crippen LogP contribution in [0.15, 0.2) is 42.0 Å². The van der Waals surface area contributed by atoms with Gasteiger partial charge in [-0.1, -0.05) is 36.4 Å². The predicted molar refractivity (Wildman–Crippen MR) is 76.0 cm³/mol. The first kappa shape index (κ1) is 13.8. The number of rotatable bonds is 4. The maximum atomic E-state index is 11.3. The Morgan fingerprint density at radius 2 is 2.16 bits per heavy atom. The molecule has 3 heteroatoms. The topological polar surface area (TPSA) is 29.5 Å². The first-order valence-electron chi connectivity index (χ1n) is 6.73. The minimum absolute atomic E-state index is 0.237. The quantitative estimate of drug-likeness (QED) is 0.615. The first-order valence-corrected chi connectivity index (χ1v) is 6.73. The Balaban J connectivity index is 1.88. The van der Waals surface area contributed by atoms with E-state index in [-0.39, 0.29) is 5.97 Å². The summed E-state index contributed by atoms with van der Waals surface area (Å²) in [4.78, 5) is 13.7. The lowest BCUT2D eigenvalue weighted by atomic mass is 9.99. The SMILES string of the molecule is COC(=O)C(C)=CCN1CCC(c2ccccc2)C1. The van der Waals surface area contributed by atoms with Crippen molar-refractivity contribution in [3.8, 4) is 0 Å². The highest BCUT2D eigenvalue weighted by Gasteiger charge is 2.22. The molecule has 1 atom stereocenters. The Bertz CT molecular complexity index is 453. The van der Waals surface area contributed by atoms with Crippen LogP contribution in [-0.2, 0) is 9.53 Å². The van der Waals surface area contributed by atoms with Crippen molar-refractivity contribution >= 4 is 5.97 Å². The van der Waals surface area contributed by atoms with Gasteiger partial charge in [-0.15, -0.1) is 0 Å². The molecule has 0 bridgehead atoms. The highest BCUT2D eigenvalue weighted by Crippen LogP contribution is 2.26. The Kier molecular flexibility index (Phi) is 4.74. The third-order valence-corrected chi connectivity index (χ3v) is 3.71. The van der Waals surface area contributed by atoms with Gasteiger partial charge in [0.25, 0.3) is 0 Å². The standard InChI is InChI=1S/C16H21NO2/c1-13(16(18)19-2)8-10-17-11-9-15(12-17)14-6-4-3-5-7-14/h3-8,15H,9-12H2,1-2H3. The Labute approximate surface area is 114 Å². The monoisotopic (exact) mass is 259 g/mol. The van der Waals surface area contributed by atoms with E-state index < -0.39 is 0 Å². The molecule has 1 aromatic rings. The van der Waals surface area contributed by atoms with Gasteiger partial charge in [-0.05, 0) is 31.4 Å². The maximum absolute atomic E-state index is 11.3. The molecule has 0 amide bonds. The fourth-order valence-electron chi connectivity index (χ4n) is 2.51. The van der Waals surface area contributed by atoms with Crippen molar-refractivity contribution in [3.05, 3.63) is 47.5 Å². The van der Waals surface area contributed by atoms with Gasteiger partial charge in [0.05, 0.1) is 7.11 Å². The summed E-state index contributed by atoms with van der Waals surface area (Å²) in [6, 6.07) is 10.6. The van der Waals surface area contributed by atoms with Crippen LogP contribution in [-0.4, -0.2) is 37.6 Å². The van der Waals surface area contributed by atoms with Crippen molar-refractivity contribution in [1.82, 2.24) is 4.90 Å². The molecule has 19 heavy (non-hydrogen) atoms. The van der Waals surface area contributed by atoms with E-state index in [1.165, 1.54) is 19.1 Å². The molecule has 1 aromatic carbocycles. The molecule has 1 heterocycles. The van der Waals surface area contributed by atoms with E-state index in [4.69, 9.17) is 4.74 Å². The molecule has 0 aromatic heterocycles. The van der Waals surface area contributed by atoms with E-state index in [2.05, 4.69) is 35.2 Å². The number of ether oxygens (including phenoxy) is 1. The van der Waals surface area contributed by atoms with Crippen molar-refractivity contribution < 1.29 is 9.53 Å².